The number of ether oxygens (including phenoxy) is 3. The molecule has 0 aliphatic rings. The quantitative estimate of drug-likeness (QED) is 0.0270. The number of unbranched alkanes of at least 4 members (excludes halogenated alkanes) is 25. The van der Waals surface area contributed by atoms with Crippen molar-refractivity contribution in [2.75, 3.05) is 13.2 Å². The molecular weight excluding hydrogens is 648 g/mol. The minimum atomic E-state index is -0.771. The van der Waals surface area contributed by atoms with Gasteiger partial charge < -0.3 is 14.2 Å². The monoisotopic (exact) mass is 733 g/mol. The van der Waals surface area contributed by atoms with E-state index in [2.05, 4.69) is 45.1 Å². The maximum atomic E-state index is 12.7. The lowest BCUT2D eigenvalue weighted by molar-refractivity contribution is -0.167. The van der Waals surface area contributed by atoms with Crippen molar-refractivity contribution in [3.05, 3.63) is 24.3 Å². The van der Waals surface area contributed by atoms with Crippen molar-refractivity contribution in [2.24, 2.45) is 0 Å². The molecule has 0 fully saturated rings. The molecule has 52 heavy (non-hydrogen) atoms. The van der Waals surface area contributed by atoms with Crippen LogP contribution < -0.4 is 0 Å². The Morgan fingerprint density at radius 1 is 0.365 bits per heavy atom. The largest absolute Gasteiger partial charge is 0.462 e. The summed E-state index contributed by atoms with van der Waals surface area (Å²) in [5.41, 5.74) is 0. The lowest BCUT2D eigenvalue weighted by Gasteiger charge is -2.18. The fourth-order valence-electron chi connectivity index (χ4n) is 6.24. The molecule has 6 nitrogen and oxygen atoms in total. The van der Waals surface area contributed by atoms with Crippen LogP contribution in [0.3, 0.4) is 0 Å². The average molecular weight is 733 g/mol. The van der Waals surface area contributed by atoms with E-state index in [9.17, 15) is 14.4 Å². The highest BCUT2D eigenvalue weighted by Gasteiger charge is 2.19. The molecule has 0 aromatic carbocycles. The number of hydrogen-bond acceptors (Lipinski definition) is 6. The summed E-state index contributed by atoms with van der Waals surface area (Å²) in [6, 6.07) is 0. The Balaban J connectivity index is 4.35. The molecule has 0 rings (SSSR count). The highest BCUT2D eigenvalue weighted by molar-refractivity contribution is 5.71. The van der Waals surface area contributed by atoms with Crippen molar-refractivity contribution in [2.45, 2.75) is 239 Å². The Kier molecular flexibility index (Phi) is 40.0. The third-order valence-electron chi connectivity index (χ3n) is 9.68. The molecule has 0 aliphatic heterocycles. The van der Waals surface area contributed by atoms with Gasteiger partial charge in [0.05, 0.1) is 0 Å². The van der Waals surface area contributed by atoms with Gasteiger partial charge in [-0.05, 0) is 64.2 Å². The van der Waals surface area contributed by atoms with Crippen LogP contribution >= 0.6 is 0 Å². The van der Waals surface area contributed by atoms with E-state index in [0.717, 1.165) is 77.0 Å². The Hall–Kier alpha value is -2.11. The molecule has 0 N–H and O–H groups in total. The molecular formula is C46H84O6. The minimum Gasteiger partial charge on any atom is -0.462 e. The highest BCUT2D eigenvalue weighted by Crippen LogP contribution is 2.14. The van der Waals surface area contributed by atoms with Crippen LogP contribution in [-0.4, -0.2) is 37.2 Å². The van der Waals surface area contributed by atoms with Gasteiger partial charge in [0, 0.05) is 19.3 Å². The van der Waals surface area contributed by atoms with Crippen molar-refractivity contribution in [1.29, 1.82) is 0 Å². The maximum Gasteiger partial charge on any atom is 0.306 e. The van der Waals surface area contributed by atoms with Crippen LogP contribution in [0, 0.1) is 0 Å². The van der Waals surface area contributed by atoms with Gasteiger partial charge in [-0.1, -0.05) is 173 Å². The van der Waals surface area contributed by atoms with E-state index in [1.807, 2.05) is 0 Å². The first-order valence-electron chi connectivity index (χ1n) is 22.3. The van der Waals surface area contributed by atoms with E-state index in [4.69, 9.17) is 14.2 Å². The van der Waals surface area contributed by atoms with E-state index >= 15 is 0 Å². The zero-order valence-corrected chi connectivity index (χ0v) is 34.6. The Morgan fingerprint density at radius 3 is 1.02 bits per heavy atom. The predicted molar refractivity (Wildman–Crippen MR) is 219 cm³/mol. The van der Waals surface area contributed by atoms with Gasteiger partial charge in [-0.15, -0.1) is 0 Å². The maximum absolute atomic E-state index is 12.7. The standard InChI is InChI=1S/C46H84O6/c1-4-7-10-13-16-19-21-22-23-25-27-30-33-36-39-45(48)51-42-43(41-50-44(47)38-35-32-29-26-18-15-12-9-6-3)52-46(49)40-37-34-31-28-24-20-17-14-11-8-5-2/h14,17,21-22,43H,4-13,15-16,18-20,23-42H2,1-3H3/b17-14-,22-21-. The van der Waals surface area contributed by atoms with Gasteiger partial charge in [-0.2, -0.15) is 0 Å². The molecule has 0 radical (unpaired) electrons. The van der Waals surface area contributed by atoms with Gasteiger partial charge >= 0.3 is 17.9 Å². The van der Waals surface area contributed by atoms with Crippen molar-refractivity contribution in [3.63, 3.8) is 0 Å². The smallest absolute Gasteiger partial charge is 0.306 e. The van der Waals surface area contributed by atoms with Crippen LogP contribution in [0.5, 0.6) is 0 Å². The SMILES string of the molecule is CCCC/C=C\CCCCCCCC(=O)OC(COC(=O)CCCCCCC/C=C\CCCCCCC)COC(=O)CCCCCCCCCCC. The Bertz CT molecular complexity index is 850. The molecule has 0 saturated carbocycles. The van der Waals surface area contributed by atoms with Gasteiger partial charge in [0.25, 0.3) is 0 Å². The molecule has 304 valence electrons. The Labute approximate surface area is 322 Å². The average Bonchev–Trinajstić information content (AvgIpc) is 3.14. The molecule has 0 saturated heterocycles. The van der Waals surface area contributed by atoms with E-state index in [-0.39, 0.29) is 31.1 Å². The second-order valence-corrected chi connectivity index (χ2v) is 15.0. The van der Waals surface area contributed by atoms with E-state index in [1.54, 1.807) is 0 Å². The molecule has 0 aliphatic carbocycles. The molecule has 1 atom stereocenters. The summed E-state index contributed by atoms with van der Waals surface area (Å²) in [5, 5.41) is 0. The van der Waals surface area contributed by atoms with Crippen LogP contribution in [0.4, 0.5) is 0 Å². The van der Waals surface area contributed by atoms with Crippen molar-refractivity contribution < 1.29 is 28.6 Å². The Morgan fingerprint density at radius 2 is 0.654 bits per heavy atom. The second kappa shape index (κ2) is 41.6. The van der Waals surface area contributed by atoms with Crippen LogP contribution in [0.1, 0.15) is 233 Å². The van der Waals surface area contributed by atoms with Gasteiger partial charge in [0.1, 0.15) is 13.2 Å². The summed E-state index contributed by atoms with van der Waals surface area (Å²) in [4.78, 5) is 37.6. The van der Waals surface area contributed by atoms with Crippen molar-refractivity contribution in [3.8, 4) is 0 Å². The molecule has 6 heteroatoms. The molecule has 0 spiro atoms. The van der Waals surface area contributed by atoms with Gasteiger partial charge in [-0.3, -0.25) is 14.4 Å². The lowest BCUT2D eigenvalue weighted by atomic mass is 10.1. The summed E-state index contributed by atoms with van der Waals surface area (Å²) in [5.74, 6) is -0.894. The summed E-state index contributed by atoms with van der Waals surface area (Å²) >= 11 is 0. The summed E-state index contributed by atoms with van der Waals surface area (Å²) < 4.78 is 16.6. The summed E-state index contributed by atoms with van der Waals surface area (Å²) in [6.45, 7) is 6.55. The van der Waals surface area contributed by atoms with E-state index < -0.39 is 6.10 Å². The normalized spacial score (nSPS) is 12.1. The summed E-state index contributed by atoms with van der Waals surface area (Å²) in [7, 11) is 0. The van der Waals surface area contributed by atoms with Crippen LogP contribution in [0.2, 0.25) is 0 Å². The number of carbonyl (C=O) groups excluding carboxylic acids is 3. The van der Waals surface area contributed by atoms with Gasteiger partial charge in [0.2, 0.25) is 0 Å². The van der Waals surface area contributed by atoms with Gasteiger partial charge in [0.15, 0.2) is 6.10 Å². The predicted octanol–water partition coefficient (Wildman–Crippen LogP) is 14.0. The lowest BCUT2D eigenvalue weighted by Crippen LogP contribution is -2.30. The van der Waals surface area contributed by atoms with E-state index in [1.165, 1.54) is 116 Å². The third kappa shape index (κ3) is 39.1. The van der Waals surface area contributed by atoms with Crippen LogP contribution in [0.15, 0.2) is 24.3 Å². The topological polar surface area (TPSA) is 78.9 Å². The highest BCUT2D eigenvalue weighted by atomic mass is 16.6. The fraction of sp³-hybridized carbons (Fsp3) is 0.848. The van der Waals surface area contributed by atoms with E-state index in [0.29, 0.717) is 19.3 Å². The van der Waals surface area contributed by atoms with Crippen molar-refractivity contribution in [1.82, 2.24) is 0 Å². The second-order valence-electron chi connectivity index (χ2n) is 15.0. The number of hydrogen-bond donors (Lipinski definition) is 0. The third-order valence-corrected chi connectivity index (χ3v) is 9.68. The fourth-order valence-corrected chi connectivity index (χ4v) is 6.24. The zero-order valence-electron chi connectivity index (χ0n) is 34.6. The first kappa shape index (κ1) is 49.9. The molecule has 0 amide bonds. The number of esters is 3. The molecule has 0 aromatic rings. The van der Waals surface area contributed by atoms with Crippen LogP contribution in [0.25, 0.3) is 0 Å². The molecule has 0 bridgehead atoms. The number of rotatable bonds is 40. The zero-order chi connectivity index (χ0) is 38.0. The van der Waals surface area contributed by atoms with Gasteiger partial charge in [-0.25, -0.2) is 0 Å². The summed E-state index contributed by atoms with van der Waals surface area (Å²) in [6.07, 6.45) is 44.4. The van der Waals surface area contributed by atoms with Crippen LogP contribution in [-0.2, 0) is 28.6 Å². The molecule has 0 aromatic heterocycles. The molecule has 0 heterocycles. The van der Waals surface area contributed by atoms with Crippen molar-refractivity contribution >= 4 is 17.9 Å². The number of carbonyl (C=O) groups is 3. The minimum absolute atomic E-state index is 0.0750. The first-order valence-corrected chi connectivity index (χ1v) is 22.3. The molecule has 1 unspecified atom stereocenters. The number of allylic oxidation sites excluding steroid dienone is 4. The first-order chi connectivity index (χ1) is 25.5.